The van der Waals surface area contributed by atoms with Crippen LogP contribution < -0.4 is 10.6 Å². The van der Waals surface area contributed by atoms with E-state index in [4.69, 9.17) is 28.9 Å². The van der Waals surface area contributed by atoms with Gasteiger partial charge in [-0.3, -0.25) is 0 Å². The van der Waals surface area contributed by atoms with Gasteiger partial charge in [-0.15, -0.1) is 5.10 Å². The van der Waals surface area contributed by atoms with Crippen molar-refractivity contribution in [1.29, 1.82) is 5.26 Å². The molecule has 1 saturated heterocycles. The summed E-state index contributed by atoms with van der Waals surface area (Å²) in [6, 6.07) is 7.28. The SMILES string of the molecule is N#Cc1c(N2CCCC2)nn(-c2ccc(Cl)c(Cl)c2)c1N. The molecule has 1 aliphatic rings. The first-order valence-electron chi connectivity index (χ1n) is 6.61. The molecular weight excluding hydrogens is 309 g/mol. The number of hydrogen-bond acceptors (Lipinski definition) is 4. The van der Waals surface area contributed by atoms with Gasteiger partial charge in [0.15, 0.2) is 5.82 Å². The average Bonchev–Trinajstić information content (AvgIpc) is 3.09. The van der Waals surface area contributed by atoms with Gasteiger partial charge in [0.25, 0.3) is 0 Å². The number of nitrogens with zero attached hydrogens (tertiary/aromatic N) is 4. The molecule has 0 spiro atoms. The Balaban J connectivity index is 2.10. The quantitative estimate of drug-likeness (QED) is 0.921. The van der Waals surface area contributed by atoms with E-state index in [1.807, 2.05) is 0 Å². The van der Waals surface area contributed by atoms with Crippen molar-refractivity contribution in [2.24, 2.45) is 0 Å². The highest BCUT2D eigenvalue weighted by Crippen LogP contribution is 2.31. The highest BCUT2D eigenvalue weighted by atomic mass is 35.5. The van der Waals surface area contributed by atoms with Crippen molar-refractivity contribution in [3.8, 4) is 11.8 Å². The van der Waals surface area contributed by atoms with Crippen LogP contribution in [0.3, 0.4) is 0 Å². The third kappa shape index (κ3) is 2.41. The average molecular weight is 322 g/mol. The number of halogens is 2. The van der Waals surface area contributed by atoms with Gasteiger partial charge in [0.1, 0.15) is 17.5 Å². The van der Waals surface area contributed by atoms with E-state index in [2.05, 4.69) is 16.1 Å². The number of anilines is 2. The summed E-state index contributed by atoms with van der Waals surface area (Å²) in [5.74, 6) is 0.955. The van der Waals surface area contributed by atoms with E-state index in [-0.39, 0.29) is 0 Å². The number of aromatic nitrogens is 2. The van der Waals surface area contributed by atoms with Gasteiger partial charge in [0.2, 0.25) is 0 Å². The Morgan fingerprint density at radius 1 is 1.19 bits per heavy atom. The Labute approximate surface area is 132 Å². The molecular formula is C14H13Cl2N5. The van der Waals surface area contributed by atoms with Crippen LogP contribution in [0.15, 0.2) is 18.2 Å². The monoisotopic (exact) mass is 321 g/mol. The van der Waals surface area contributed by atoms with Crippen LogP contribution in [-0.2, 0) is 0 Å². The van der Waals surface area contributed by atoms with Gasteiger partial charge >= 0.3 is 0 Å². The fourth-order valence-corrected chi connectivity index (χ4v) is 2.78. The zero-order valence-electron chi connectivity index (χ0n) is 11.2. The van der Waals surface area contributed by atoms with E-state index >= 15 is 0 Å². The predicted molar refractivity (Wildman–Crippen MR) is 84.2 cm³/mol. The molecule has 0 atom stereocenters. The predicted octanol–water partition coefficient (Wildman–Crippen LogP) is 3.23. The third-order valence-electron chi connectivity index (χ3n) is 3.57. The largest absolute Gasteiger partial charge is 0.382 e. The molecule has 0 aliphatic carbocycles. The highest BCUT2D eigenvalue weighted by Gasteiger charge is 2.23. The van der Waals surface area contributed by atoms with E-state index in [0.717, 1.165) is 25.9 Å². The second-order valence-electron chi connectivity index (χ2n) is 4.90. The van der Waals surface area contributed by atoms with E-state index in [9.17, 15) is 5.26 Å². The molecule has 1 fully saturated rings. The second kappa shape index (κ2) is 5.47. The Hall–Kier alpha value is -1.90. The maximum absolute atomic E-state index is 9.36. The number of hydrogen-bond donors (Lipinski definition) is 1. The van der Waals surface area contributed by atoms with Crippen molar-refractivity contribution in [3.05, 3.63) is 33.8 Å². The van der Waals surface area contributed by atoms with Gasteiger partial charge in [-0.05, 0) is 31.0 Å². The minimum atomic E-state index is 0.317. The van der Waals surface area contributed by atoms with Gasteiger partial charge in [0.05, 0.1) is 15.7 Å². The topological polar surface area (TPSA) is 70.9 Å². The molecule has 2 N–H and O–H groups in total. The van der Waals surface area contributed by atoms with Crippen LogP contribution in [0, 0.1) is 11.3 Å². The van der Waals surface area contributed by atoms with E-state index in [1.165, 1.54) is 4.68 Å². The molecule has 2 heterocycles. The van der Waals surface area contributed by atoms with Crippen LogP contribution >= 0.6 is 23.2 Å². The molecule has 0 unspecified atom stereocenters. The van der Waals surface area contributed by atoms with Crippen molar-refractivity contribution < 1.29 is 0 Å². The minimum Gasteiger partial charge on any atom is -0.382 e. The molecule has 108 valence electrons. The smallest absolute Gasteiger partial charge is 0.171 e. The summed E-state index contributed by atoms with van der Waals surface area (Å²) < 4.78 is 1.54. The Morgan fingerprint density at radius 3 is 2.52 bits per heavy atom. The summed E-state index contributed by atoms with van der Waals surface area (Å²) in [7, 11) is 0. The normalized spacial score (nSPS) is 14.4. The van der Waals surface area contributed by atoms with Crippen molar-refractivity contribution in [2.75, 3.05) is 23.7 Å². The van der Waals surface area contributed by atoms with Gasteiger partial charge < -0.3 is 10.6 Å². The summed E-state index contributed by atoms with van der Waals surface area (Å²) in [5.41, 5.74) is 7.17. The van der Waals surface area contributed by atoms with E-state index in [0.29, 0.717) is 32.9 Å². The number of rotatable bonds is 2. The number of nitrogen functional groups attached to an aromatic ring is 1. The van der Waals surface area contributed by atoms with Crippen molar-refractivity contribution in [2.45, 2.75) is 12.8 Å². The lowest BCUT2D eigenvalue weighted by molar-refractivity contribution is 0.850. The van der Waals surface area contributed by atoms with Crippen LogP contribution in [0.25, 0.3) is 5.69 Å². The summed E-state index contributed by atoms with van der Waals surface area (Å²) in [6.45, 7) is 1.79. The van der Waals surface area contributed by atoms with Crippen LogP contribution in [0.5, 0.6) is 0 Å². The number of nitrogens with two attached hydrogens (primary N) is 1. The molecule has 0 amide bonds. The fraction of sp³-hybridized carbons (Fsp3) is 0.286. The fourth-order valence-electron chi connectivity index (χ4n) is 2.49. The summed E-state index contributed by atoms with van der Waals surface area (Å²) in [6.07, 6.45) is 2.20. The Bertz CT molecular complexity index is 726. The first-order valence-corrected chi connectivity index (χ1v) is 7.36. The zero-order valence-corrected chi connectivity index (χ0v) is 12.7. The van der Waals surface area contributed by atoms with Gasteiger partial charge in [-0.2, -0.15) is 5.26 Å². The summed E-state index contributed by atoms with van der Waals surface area (Å²) in [4.78, 5) is 2.09. The number of nitriles is 1. The molecule has 0 radical (unpaired) electrons. The van der Waals surface area contributed by atoms with Gasteiger partial charge in [0, 0.05) is 13.1 Å². The molecule has 2 aromatic rings. The highest BCUT2D eigenvalue weighted by molar-refractivity contribution is 6.42. The lowest BCUT2D eigenvalue weighted by Gasteiger charge is -2.13. The molecule has 1 aliphatic heterocycles. The van der Waals surface area contributed by atoms with Gasteiger partial charge in [-0.1, -0.05) is 23.2 Å². The molecule has 0 saturated carbocycles. The van der Waals surface area contributed by atoms with E-state index in [1.54, 1.807) is 18.2 Å². The number of benzene rings is 1. The Kier molecular flexibility index (Phi) is 3.66. The molecule has 0 bridgehead atoms. The molecule has 21 heavy (non-hydrogen) atoms. The lowest BCUT2D eigenvalue weighted by atomic mass is 10.3. The first kappa shape index (κ1) is 14.1. The van der Waals surface area contributed by atoms with Crippen LogP contribution in [0.4, 0.5) is 11.6 Å². The molecule has 1 aromatic carbocycles. The molecule has 1 aromatic heterocycles. The minimum absolute atomic E-state index is 0.317. The summed E-state index contributed by atoms with van der Waals surface area (Å²) >= 11 is 12.0. The maximum Gasteiger partial charge on any atom is 0.171 e. The maximum atomic E-state index is 9.36. The molecule has 3 rings (SSSR count). The van der Waals surface area contributed by atoms with Crippen molar-refractivity contribution in [1.82, 2.24) is 9.78 Å². The first-order chi connectivity index (χ1) is 10.1. The van der Waals surface area contributed by atoms with Crippen LogP contribution in [-0.4, -0.2) is 22.9 Å². The van der Waals surface area contributed by atoms with Crippen molar-refractivity contribution >= 4 is 34.8 Å². The standard InChI is InChI=1S/C14H13Cl2N5/c15-11-4-3-9(7-12(11)16)21-13(18)10(8-17)14(19-21)20-5-1-2-6-20/h3-4,7H,1-2,5-6,18H2. The zero-order chi connectivity index (χ0) is 15.0. The lowest BCUT2D eigenvalue weighted by Crippen LogP contribution is -2.19. The van der Waals surface area contributed by atoms with Crippen LogP contribution in [0.2, 0.25) is 10.0 Å². The third-order valence-corrected chi connectivity index (χ3v) is 4.31. The van der Waals surface area contributed by atoms with Gasteiger partial charge in [-0.25, -0.2) is 4.68 Å². The summed E-state index contributed by atoms with van der Waals surface area (Å²) in [5, 5.41) is 14.7. The second-order valence-corrected chi connectivity index (χ2v) is 5.71. The Morgan fingerprint density at radius 2 is 1.90 bits per heavy atom. The van der Waals surface area contributed by atoms with Crippen LogP contribution in [0.1, 0.15) is 18.4 Å². The molecule has 7 heteroatoms. The van der Waals surface area contributed by atoms with Crippen molar-refractivity contribution in [3.63, 3.8) is 0 Å². The van der Waals surface area contributed by atoms with E-state index < -0.39 is 0 Å². The molecule has 5 nitrogen and oxygen atoms in total.